The Labute approximate surface area is 82.8 Å². The summed E-state index contributed by atoms with van der Waals surface area (Å²) in [6, 6.07) is 2.53. The van der Waals surface area contributed by atoms with Crippen LogP contribution in [0, 0.1) is 11.6 Å². The Kier molecular flexibility index (Phi) is 2.34. The molecule has 1 fully saturated rings. The molecule has 0 spiro atoms. The van der Waals surface area contributed by atoms with E-state index in [0.29, 0.717) is 17.5 Å². The first-order chi connectivity index (χ1) is 6.16. The third-order valence-electron chi connectivity index (χ3n) is 1.94. The third-order valence-corrected chi connectivity index (χ3v) is 2.40. The lowest BCUT2D eigenvalue weighted by Gasteiger charge is -2.03. The number of ether oxygens (including phenoxy) is 1. The van der Waals surface area contributed by atoms with Gasteiger partial charge in [-0.05, 0) is 12.1 Å². The van der Waals surface area contributed by atoms with Crippen LogP contribution >= 0.6 is 15.9 Å². The van der Waals surface area contributed by atoms with Crippen molar-refractivity contribution in [2.45, 2.75) is 12.5 Å². The second-order valence-electron chi connectivity index (χ2n) is 3.01. The summed E-state index contributed by atoms with van der Waals surface area (Å²) >= 11 is 3.02. The molecule has 0 amide bonds. The van der Waals surface area contributed by atoms with Crippen molar-refractivity contribution in [2.75, 3.05) is 6.61 Å². The molecule has 1 aliphatic rings. The molecular formula is C9H7BrF2O. The van der Waals surface area contributed by atoms with Crippen LogP contribution in [0.5, 0.6) is 0 Å². The summed E-state index contributed by atoms with van der Waals surface area (Å²) in [5.41, 5.74) is 0.116. The van der Waals surface area contributed by atoms with Gasteiger partial charge in [0.05, 0.1) is 12.7 Å². The van der Waals surface area contributed by atoms with E-state index in [1.165, 1.54) is 12.1 Å². The van der Waals surface area contributed by atoms with Crippen LogP contribution in [-0.4, -0.2) is 12.7 Å². The SMILES string of the molecule is Fc1cc(Br)cc(F)c1CC1CO1. The van der Waals surface area contributed by atoms with E-state index in [2.05, 4.69) is 15.9 Å². The minimum Gasteiger partial charge on any atom is -0.373 e. The Morgan fingerprint density at radius 1 is 1.38 bits per heavy atom. The fourth-order valence-electron chi connectivity index (χ4n) is 1.18. The highest BCUT2D eigenvalue weighted by Gasteiger charge is 2.25. The Morgan fingerprint density at radius 3 is 2.38 bits per heavy atom. The lowest BCUT2D eigenvalue weighted by Crippen LogP contribution is -2.00. The van der Waals surface area contributed by atoms with Gasteiger partial charge in [0.2, 0.25) is 0 Å². The predicted molar refractivity (Wildman–Crippen MR) is 47.5 cm³/mol. The van der Waals surface area contributed by atoms with E-state index in [9.17, 15) is 8.78 Å². The maximum absolute atomic E-state index is 13.2. The second-order valence-corrected chi connectivity index (χ2v) is 3.92. The van der Waals surface area contributed by atoms with Crippen LogP contribution in [0.25, 0.3) is 0 Å². The summed E-state index contributed by atoms with van der Waals surface area (Å²) in [5.74, 6) is -1.02. The summed E-state index contributed by atoms with van der Waals surface area (Å²) in [5, 5.41) is 0. The highest BCUT2D eigenvalue weighted by molar-refractivity contribution is 9.10. The van der Waals surface area contributed by atoms with Crippen LogP contribution in [-0.2, 0) is 11.2 Å². The van der Waals surface area contributed by atoms with Crippen molar-refractivity contribution in [1.82, 2.24) is 0 Å². The lowest BCUT2D eigenvalue weighted by molar-refractivity contribution is 0.400. The fraction of sp³-hybridized carbons (Fsp3) is 0.333. The van der Waals surface area contributed by atoms with Crippen molar-refractivity contribution < 1.29 is 13.5 Å². The van der Waals surface area contributed by atoms with Crippen LogP contribution < -0.4 is 0 Å². The topological polar surface area (TPSA) is 12.5 Å². The van der Waals surface area contributed by atoms with Crippen molar-refractivity contribution in [3.8, 4) is 0 Å². The normalized spacial score (nSPS) is 20.4. The van der Waals surface area contributed by atoms with Gasteiger partial charge in [0.25, 0.3) is 0 Å². The molecule has 1 nitrogen and oxygen atoms in total. The van der Waals surface area contributed by atoms with Crippen molar-refractivity contribution in [3.63, 3.8) is 0 Å². The first-order valence-electron chi connectivity index (χ1n) is 3.92. The van der Waals surface area contributed by atoms with Crippen molar-refractivity contribution in [3.05, 3.63) is 33.8 Å². The minimum atomic E-state index is -0.512. The van der Waals surface area contributed by atoms with Crippen LogP contribution in [0.4, 0.5) is 8.78 Å². The molecule has 1 heterocycles. The Balaban J connectivity index is 2.31. The van der Waals surface area contributed by atoms with E-state index in [1.807, 2.05) is 0 Å². The highest BCUT2D eigenvalue weighted by atomic mass is 79.9. The van der Waals surface area contributed by atoms with Gasteiger partial charge in [-0.2, -0.15) is 0 Å². The van der Waals surface area contributed by atoms with Gasteiger partial charge in [-0.1, -0.05) is 15.9 Å². The van der Waals surface area contributed by atoms with E-state index in [-0.39, 0.29) is 11.7 Å². The quantitative estimate of drug-likeness (QED) is 0.734. The largest absolute Gasteiger partial charge is 0.373 e. The third kappa shape index (κ3) is 2.06. The van der Waals surface area contributed by atoms with Crippen LogP contribution in [0.15, 0.2) is 16.6 Å². The number of hydrogen-bond donors (Lipinski definition) is 0. The Hall–Kier alpha value is -0.480. The molecule has 0 radical (unpaired) electrons. The molecule has 4 heteroatoms. The van der Waals surface area contributed by atoms with E-state index in [4.69, 9.17) is 4.74 Å². The van der Waals surface area contributed by atoms with Gasteiger partial charge in [-0.15, -0.1) is 0 Å². The molecule has 0 bridgehead atoms. The summed E-state index contributed by atoms with van der Waals surface area (Å²) < 4.78 is 31.7. The van der Waals surface area contributed by atoms with E-state index in [0.717, 1.165) is 0 Å². The van der Waals surface area contributed by atoms with Gasteiger partial charge < -0.3 is 4.74 Å². The summed E-state index contributed by atoms with van der Waals surface area (Å²) in [6.45, 7) is 0.606. The van der Waals surface area contributed by atoms with Gasteiger partial charge in [-0.3, -0.25) is 0 Å². The molecule has 0 saturated carbocycles. The molecule has 2 rings (SSSR count). The molecule has 1 atom stereocenters. The zero-order chi connectivity index (χ0) is 9.42. The summed E-state index contributed by atoms with van der Waals surface area (Å²) in [4.78, 5) is 0. The molecule has 0 aliphatic carbocycles. The standard InChI is InChI=1S/C9H7BrF2O/c10-5-1-8(11)7(9(12)2-5)3-6-4-13-6/h1-2,6H,3-4H2. The zero-order valence-electron chi connectivity index (χ0n) is 6.69. The smallest absolute Gasteiger partial charge is 0.130 e. The van der Waals surface area contributed by atoms with E-state index < -0.39 is 11.6 Å². The van der Waals surface area contributed by atoms with Crippen molar-refractivity contribution >= 4 is 15.9 Å². The van der Waals surface area contributed by atoms with Gasteiger partial charge in [-0.25, -0.2) is 8.78 Å². The van der Waals surface area contributed by atoms with Crippen LogP contribution in [0.3, 0.4) is 0 Å². The lowest BCUT2D eigenvalue weighted by atomic mass is 10.1. The van der Waals surface area contributed by atoms with Crippen LogP contribution in [0.1, 0.15) is 5.56 Å². The van der Waals surface area contributed by atoms with Gasteiger partial charge >= 0.3 is 0 Å². The first kappa shape index (κ1) is 9.09. The summed E-state index contributed by atoms with van der Waals surface area (Å²) in [6.07, 6.45) is 0.329. The highest BCUT2D eigenvalue weighted by Crippen LogP contribution is 2.24. The van der Waals surface area contributed by atoms with Crippen molar-refractivity contribution in [1.29, 1.82) is 0 Å². The molecule has 1 unspecified atom stereocenters. The summed E-state index contributed by atoms with van der Waals surface area (Å²) in [7, 11) is 0. The molecule has 0 aromatic heterocycles. The Bertz CT molecular complexity index is 313. The van der Waals surface area contributed by atoms with Crippen molar-refractivity contribution in [2.24, 2.45) is 0 Å². The number of epoxide rings is 1. The average molecular weight is 249 g/mol. The second kappa shape index (κ2) is 3.35. The molecule has 1 aromatic rings. The van der Waals surface area contributed by atoms with Gasteiger partial charge in [0, 0.05) is 16.5 Å². The minimum absolute atomic E-state index is 0.00479. The zero-order valence-corrected chi connectivity index (χ0v) is 8.27. The Morgan fingerprint density at radius 2 is 1.92 bits per heavy atom. The predicted octanol–water partition coefficient (Wildman–Crippen LogP) is 2.67. The molecule has 0 N–H and O–H groups in total. The van der Waals surface area contributed by atoms with E-state index >= 15 is 0 Å². The van der Waals surface area contributed by atoms with E-state index in [1.54, 1.807) is 0 Å². The maximum Gasteiger partial charge on any atom is 0.130 e. The molecular weight excluding hydrogens is 242 g/mol. The fourth-order valence-corrected chi connectivity index (χ4v) is 1.58. The number of halogens is 3. The van der Waals surface area contributed by atoms with Gasteiger partial charge in [0.15, 0.2) is 0 Å². The molecule has 1 aromatic carbocycles. The van der Waals surface area contributed by atoms with Gasteiger partial charge in [0.1, 0.15) is 11.6 Å². The monoisotopic (exact) mass is 248 g/mol. The maximum atomic E-state index is 13.2. The number of rotatable bonds is 2. The molecule has 70 valence electrons. The number of benzene rings is 1. The molecule has 1 aliphatic heterocycles. The average Bonchev–Trinajstić information content (AvgIpc) is 2.79. The number of hydrogen-bond acceptors (Lipinski definition) is 1. The molecule has 1 saturated heterocycles. The first-order valence-corrected chi connectivity index (χ1v) is 4.71. The molecule has 13 heavy (non-hydrogen) atoms. The van der Waals surface area contributed by atoms with Crippen LogP contribution in [0.2, 0.25) is 0 Å².